The highest BCUT2D eigenvalue weighted by atomic mass is 16.5. The van der Waals surface area contributed by atoms with Crippen molar-refractivity contribution < 1.29 is 18.7 Å². The molecule has 28 heavy (non-hydrogen) atoms. The molecule has 1 aliphatic rings. The molecule has 0 unspecified atom stereocenters. The molecule has 0 spiro atoms. The molecule has 0 aliphatic carbocycles. The van der Waals surface area contributed by atoms with Crippen molar-refractivity contribution in [2.75, 3.05) is 32.2 Å². The van der Waals surface area contributed by atoms with Gasteiger partial charge in [-0.1, -0.05) is 32.0 Å². The number of benzene rings is 2. The van der Waals surface area contributed by atoms with Crippen molar-refractivity contribution in [3.05, 3.63) is 36.4 Å². The van der Waals surface area contributed by atoms with Crippen molar-refractivity contribution in [1.82, 2.24) is 4.90 Å². The van der Waals surface area contributed by atoms with Gasteiger partial charge < -0.3 is 24.1 Å². The van der Waals surface area contributed by atoms with Gasteiger partial charge in [0.15, 0.2) is 0 Å². The number of para-hydroxylation sites is 1. The topological polar surface area (TPSA) is 63.9 Å². The van der Waals surface area contributed by atoms with Crippen LogP contribution in [0.4, 0.5) is 10.5 Å². The highest BCUT2D eigenvalue weighted by Gasteiger charge is 2.28. The van der Waals surface area contributed by atoms with Gasteiger partial charge in [0.1, 0.15) is 16.9 Å². The number of morpholine rings is 1. The van der Waals surface area contributed by atoms with Crippen LogP contribution in [-0.2, 0) is 4.74 Å². The van der Waals surface area contributed by atoms with Gasteiger partial charge in [0.25, 0.3) is 0 Å². The molecule has 1 fully saturated rings. The summed E-state index contributed by atoms with van der Waals surface area (Å²) in [6.45, 7) is 6.03. The van der Waals surface area contributed by atoms with Gasteiger partial charge in [-0.25, -0.2) is 4.79 Å². The molecule has 148 valence electrons. The number of methoxy groups -OCH3 is 1. The summed E-state index contributed by atoms with van der Waals surface area (Å²) >= 11 is 0. The Morgan fingerprint density at radius 1 is 1.25 bits per heavy atom. The summed E-state index contributed by atoms with van der Waals surface area (Å²) < 4.78 is 17.1. The standard InChI is InChI=1S/C22H26N2O4/c1-14(2)10-15-13-27-9-8-24(15)22(25)23-18-12-20-17(11-21(18)26-3)16-6-4-5-7-19(16)28-20/h4-7,11-12,14-15H,8-10,13H2,1-3H3,(H,23,25)/t15-/m0/s1. The summed E-state index contributed by atoms with van der Waals surface area (Å²) in [6, 6.07) is 11.6. The average Bonchev–Trinajstić information content (AvgIpc) is 3.04. The summed E-state index contributed by atoms with van der Waals surface area (Å²) in [5.74, 6) is 1.10. The molecule has 1 N–H and O–H groups in total. The van der Waals surface area contributed by atoms with E-state index in [1.54, 1.807) is 7.11 Å². The van der Waals surface area contributed by atoms with E-state index in [-0.39, 0.29) is 12.1 Å². The molecule has 2 aromatic carbocycles. The molecular weight excluding hydrogens is 356 g/mol. The quantitative estimate of drug-likeness (QED) is 0.699. The fraction of sp³-hybridized carbons (Fsp3) is 0.409. The number of rotatable bonds is 4. The van der Waals surface area contributed by atoms with E-state index >= 15 is 0 Å². The first kappa shape index (κ1) is 18.6. The lowest BCUT2D eigenvalue weighted by Gasteiger charge is -2.36. The Hall–Kier alpha value is -2.73. The lowest BCUT2D eigenvalue weighted by Crippen LogP contribution is -2.50. The molecule has 2 heterocycles. The summed E-state index contributed by atoms with van der Waals surface area (Å²) in [5.41, 5.74) is 2.14. The summed E-state index contributed by atoms with van der Waals surface area (Å²) in [4.78, 5) is 14.9. The van der Waals surface area contributed by atoms with Crippen LogP contribution in [0.3, 0.4) is 0 Å². The second-order valence-corrected chi connectivity index (χ2v) is 7.63. The highest BCUT2D eigenvalue weighted by Crippen LogP contribution is 2.36. The molecule has 3 aromatic rings. The monoisotopic (exact) mass is 382 g/mol. The number of nitrogens with one attached hydrogen (secondary N) is 1. The minimum absolute atomic E-state index is 0.0784. The maximum Gasteiger partial charge on any atom is 0.322 e. The predicted molar refractivity (Wildman–Crippen MR) is 110 cm³/mol. The fourth-order valence-corrected chi connectivity index (χ4v) is 3.87. The minimum atomic E-state index is -0.136. The SMILES string of the molecule is COc1cc2c(cc1NC(=O)N1CCOC[C@@H]1CC(C)C)oc1ccccc12. The normalized spacial score (nSPS) is 17.4. The van der Waals surface area contributed by atoms with Crippen molar-refractivity contribution in [1.29, 1.82) is 0 Å². The maximum atomic E-state index is 13.0. The number of urea groups is 1. The van der Waals surface area contributed by atoms with Gasteiger partial charge in [0.05, 0.1) is 32.1 Å². The molecule has 2 amide bonds. The highest BCUT2D eigenvalue weighted by molar-refractivity contribution is 6.07. The lowest BCUT2D eigenvalue weighted by molar-refractivity contribution is 0.00856. The number of carbonyl (C=O) groups is 1. The van der Waals surface area contributed by atoms with E-state index in [0.29, 0.717) is 37.1 Å². The third-order valence-corrected chi connectivity index (χ3v) is 5.17. The number of hydrogen-bond donors (Lipinski definition) is 1. The lowest BCUT2D eigenvalue weighted by atomic mass is 10.0. The second kappa shape index (κ2) is 7.72. The van der Waals surface area contributed by atoms with Crippen LogP contribution in [0, 0.1) is 5.92 Å². The Balaban J connectivity index is 1.64. The number of amides is 2. The Bertz CT molecular complexity index is 995. The average molecular weight is 382 g/mol. The number of furan rings is 1. The zero-order valence-electron chi connectivity index (χ0n) is 16.5. The number of carbonyl (C=O) groups excluding carboxylic acids is 1. The molecule has 6 nitrogen and oxygen atoms in total. The van der Waals surface area contributed by atoms with Crippen LogP contribution in [0.5, 0.6) is 5.75 Å². The van der Waals surface area contributed by atoms with Gasteiger partial charge >= 0.3 is 6.03 Å². The molecule has 0 radical (unpaired) electrons. The second-order valence-electron chi connectivity index (χ2n) is 7.63. The maximum absolute atomic E-state index is 13.0. The third kappa shape index (κ3) is 3.52. The van der Waals surface area contributed by atoms with Crippen LogP contribution in [0.25, 0.3) is 21.9 Å². The van der Waals surface area contributed by atoms with Crippen molar-refractivity contribution in [2.45, 2.75) is 26.3 Å². The minimum Gasteiger partial charge on any atom is -0.495 e. The first-order chi connectivity index (χ1) is 13.6. The molecule has 1 saturated heterocycles. The van der Waals surface area contributed by atoms with E-state index in [4.69, 9.17) is 13.9 Å². The van der Waals surface area contributed by atoms with Crippen LogP contribution in [0.2, 0.25) is 0 Å². The Labute approximate surface area is 164 Å². The molecule has 1 aliphatic heterocycles. The van der Waals surface area contributed by atoms with E-state index in [9.17, 15) is 4.79 Å². The van der Waals surface area contributed by atoms with Gasteiger partial charge in [0.2, 0.25) is 0 Å². The van der Waals surface area contributed by atoms with E-state index in [2.05, 4.69) is 19.2 Å². The number of fused-ring (bicyclic) bond motifs is 3. The van der Waals surface area contributed by atoms with Gasteiger partial charge in [-0.3, -0.25) is 0 Å². The summed E-state index contributed by atoms with van der Waals surface area (Å²) in [6.07, 6.45) is 0.910. The first-order valence-corrected chi connectivity index (χ1v) is 9.71. The van der Waals surface area contributed by atoms with Crippen LogP contribution < -0.4 is 10.1 Å². The van der Waals surface area contributed by atoms with Crippen LogP contribution in [0.1, 0.15) is 20.3 Å². The number of nitrogens with zero attached hydrogens (tertiary/aromatic N) is 1. The van der Waals surface area contributed by atoms with Crippen LogP contribution in [0.15, 0.2) is 40.8 Å². The molecule has 6 heteroatoms. The van der Waals surface area contributed by atoms with Crippen molar-refractivity contribution in [2.24, 2.45) is 5.92 Å². The summed E-state index contributed by atoms with van der Waals surface area (Å²) in [5, 5.41) is 5.01. The van der Waals surface area contributed by atoms with Crippen molar-refractivity contribution in [3.63, 3.8) is 0 Å². The Morgan fingerprint density at radius 3 is 2.86 bits per heavy atom. The zero-order chi connectivity index (χ0) is 19.7. The van der Waals surface area contributed by atoms with Gasteiger partial charge in [-0.2, -0.15) is 0 Å². The number of hydrogen-bond acceptors (Lipinski definition) is 4. The van der Waals surface area contributed by atoms with Crippen LogP contribution in [-0.4, -0.2) is 43.8 Å². The molecule has 1 atom stereocenters. The van der Waals surface area contributed by atoms with E-state index in [1.807, 2.05) is 41.3 Å². The van der Waals surface area contributed by atoms with E-state index in [0.717, 1.165) is 28.4 Å². The van der Waals surface area contributed by atoms with Crippen molar-refractivity contribution >= 4 is 33.7 Å². The van der Waals surface area contributed by atoms with Crippen LogP contribution >= 0.6 is 0 Å². The van der Waals surface area contributed by atoms with Gasteiger partial charge in [0, 0.05) is 23.4 Å². The fourth-order valence-electron chi connectivity index (χ4n) is 3.87. The smallest absolute Gasteiger partial charge is 0.322 e. The number of ether oxygens (including phenoxy) is 2. The molecular formula is C22H26N2O4. The van der Waals surface area contributed by atoms with Gasteiger partial charge in [-0.05, 0) is 24.5 Å². The Kier molecular flexibility index (Phi) is 5.13. The Morgan fingerprint density at radius 2 is 2.07 bits per heavy atom. The molecule has 4 rings (SSSR count). The number of anilines is 1. The molecule has 0 bridgehead atoms. The molecule has 1 aromatic heterocycles. The predicted octanol–water partition coefficient (Wildman–Crippen LogP) is 4.87. The summed E-state index contributed by atoms with van der Waals surface area (Å²) in [7, 11) is 1.61. The van der Waals surface area contributed by atoms with E-state index < -0.39 is 0 Å². The third-order valence-electron chi connectivity index (χ3n) is 5.17. The largest absolute Gasteiger partial charge is 0.495 e. The molecule has 0 saturated carbocycles. The van der Waals surface area contributed by atoms with Gasteiger partial charge in [-0.15, -0.1) is 0 Å². The first-order valence-electron chi connectivity index (χ1n) is 9.71. The van der Waals surface area contributed by atoms with E-state index in [1.165, 1.54) is 0 Å². The van der Waals surface area contributed by atoms with Crippen molar-refractivity contribution in [3.8, 4) is 5.75 Å². The zero-order valence-corrected chi connectivity index (χ0v) is 16.5.